The van der Waals surface area contributed by atoms with Crippen LogP contribution in [-0.4, -0.2) is 31.2 Å². The Kier molecular flexibility index (Phi) is 2.64. The Morgan fingerprint density at radius 3 is 2.79 bits per heavy atom. The highest BCUT2D eigenvalue weighted by atomic mass is 16.7. The van der Waals surface area contributed by atoms with E-state index >= 15 is 0 Å². The van der Waals surface area contributed by atoms with Gasteiger partial charge in [0, 0.05) is 24.4 Å². The summed E-state index contributed by atoms with van der Waals surface area (Å²) in [6.45, 7) is 0.259. The van der Waals surface area contributed by atoms with E-state index in [1.54, 1.807) is 10.9 Å². The molecule has 0 amide bonds. The summed E-state index contributed by atoms with van der Waals surface area (Å²) < 4.78 is 14.4. The van der Waals surface area contributed by atoms with Crippen molar-refractivity contribution in [2.75, 3.05) is 6.79 Å². The Labute approximate surface area is 137 Å². The van der Waals surface area contributed by atoms with Gasteiger partial charge in [-0.15, -0.1) is 0 Å². The second-order valence-electron chi connectivity index (χ2n) is 5.60. The molecule has 0 unspecified atom stereocenters. The van der Waals surface area contributed by atoms with E-state index < -0.39 is 0 Å². The molecule has 0 spiro atoms. The summed E-state index contributed by atoms with van der Waals surface area (Å²) in [7, 11) is 1.89. The van der Waals surface area contributed by atoms with E-state index in [9.17, 15) is 0 Å². The van der Waals surface area contributed by atoms with Crippen molar-refractivity contribution in [1.29, 1.82) is 0 Å². The summed E-state index contributed by atoms with van der Waals surface area (Å²) in [6.07, 6.45) is 5.55. The first-order valence-electron chi connectivity index (χ1n) is 7.52. The third kappa shape index (κ3) is 1.95. The summed E-state index contributed by atoms with van der Waals surface area (Å²) in [6, 6.07) is 9.73. The Bertz CT molecular complexity index is 1070. The Morgan fingerprint density at radius 2 is 1.92 bits per heavy atom. The smallest absolute Gasteiger partial charge is 0.231 e. The van der Waals surface area contributed by atoms with E-state index in [1.807, 2.05) is 54.3 Å². The molecule has 7 nitrogen and oxygen atoms in total. The zero-order chi connectivity index (χ0) is 16.1. The van der Waals surface area contributed by atoms with Gasteiger partial charge in [0.2, 0.25) is 6.79 Å². The van der Waals surface area contributed by atoms with Crippen LogP contribution >= 0.6 is 0 Å². The summed E-state index contributed by atoms with van der Waals surface area (Å²) >= 11 is 0. The van der Waals surface area contributed by atoms with Crippen molar-refractivity contribution in [2.45, 2.75) is 0 Å². The van der Waals surface area contributed by atoms with Gasteiger partial charge in [-0.1, -0.05) is 0 Å². The summed E-state index contributed by atoms with van der Waals surface area (Å²) in [5.41, 5.74) is 4.47. The molecule has 3 aromatic heterocycles. The van der Waals surface area contributed by atoms with Crippen LogP contribution in [0.25, 0.3) is 28.2 Å². The number of benzene rings is 1. The highest BCUT2D eigenvalue weighted by Gasteiger charge is 2.16. The molecule has 7 heteroatoms. The van der Waals surface area contributed by atoms with Gasteiger partial charge in [-0.3, -0.25) is 4.68 Å². The van der Waals surface area contributed by atoms with Gasteiger partial charge in [-0.2, -0.15) is 10.2 Å². The second-order valence-corrected chi connectivity index (χ2v) is 5.60. The van der Waals surface area contributed by atoms with Gasteiger partial charge in [0.1, 0.15) is 0 Å². The molecule has 118 valence electrons. The number of nitrogens with zero attached hydrogens (tertiary/aromatic N) is 5. The maximum Gasteiger partial charge on any atom is 0.231 e. The van der Waals surface area contributed by atoms with Crippen molar-refractivity contribution in [3.8, 4) is 34.0 Å². The first-order chi connectivity index (χ1) is 11.8. The zero-order valence-electron chi connectivity index (χ0n) is 12.9. The van der Waals surface area contributed by atoms with E-state index in [4.69, 9.17) is 14.6 Å². The van der Waals surface area contributed by atoms with Crippen LogP contribution in [0.1, 0.15) is 0 Å². The minimum atomic E-state index is 0.259. The second kappa shape index (κ2) is 4.82. The van der Waals surface area contributed by atoms with E-state index in [1.165, 1.54) is 0 Å². The molecule has 1 aliphatic heterocycles. The fraction of sp³-hybridized carbons (Fsp3) is 0.118. The lowest BCUT2D eigenvalue weighted by atomic mass is 10.1. The first-order valence-corrected chi connectivity index (χ1v) is 7.52. The number of aryl methyl sites for hydroxylation is 1. The number of aromatic nitrogens is 5. The van der Waals surface area contributed by atoms with E-state index in [0.717, 1.165) is 39.7 Å². The van der Waals surface area contributed by atoms with Crippen molar-refractivity contribution in [3.05, 3.63) is 48.9 Å². The average molecular weight is 319 g/mol. The molecule has 4 heterocycles. The van der Waals surface area contributed by atoms with Crippen LogP contribution in [0.5, 0.6) is 11.5 Å². The normalized spacial score (nSPS) is 12.9. The van der Waals surface area contributed by atoms with Gasteiger partial charge < -0.3 is 9.47 Å². The molecule has 0 radical (unpaired) electrons. The van der Waals surface area contributed by atoms with Crippen molar-refractivity contribution in [2.24, 2.45) is 7.05 Å². The number of hydrogen-bond donors (Lipinski definition) is 0. The Morgan fingerprint density at radius 1 is 1.00 bits per heavy atom. The standard InChI is InChI=1S/C17H13N5O2/c1-21-9-12(7-19-21)13-3-5-17-18-8-14(22(17)20-13)11-2-4-15-16(6-11)24-10-23-15/h2-9H,10H2,1H3. The molecule has 0 atom stereocenters. The topological polar surface area (TPSA) is 66.5 Å². The predicted octanol–water partition coefficient (Wildman–Crippen LogP) is 2.53. The van der Waals surface area contributed by atoms with Crippen LogP contribution in [0, 0.1) is 0 Å². The third-order valence-corrected chi connectivity index (χ3v) is 4.03. The molecular weight excluding hydrogens is 306 g/mol. The quantitative estimate of drug-likeness (QED) is 0.568. The maximum absolute atomic E-state index is 5.46. The highest BCUT2D eigenvalue weighted by molar-refractivity contribution is 5.68. The molecular formula is C17H13N5O2. The molecule has 1 aromatic carbocycles. The molecule has 0 saturated carbocycles. The fourth-order valence-electron chi connectivity index (χ4n) is 2.83. The fourth-order valence-corrected chi connectivity index (χ4v) is 2.83. The van der Waals surface area contributed by atoms with Gasteiger partial charge in [-0.25, -0.2) is 9.50 Å². The van der Waals surface area contributed by atoms with Crippen LogP contribution in [0.4, 0.5) is 0 Å². The lowest BCUT2D eigenvalue weighted by Crippen LogP contribution is -1.96. The van der Waals surface area contributed by atoms with Crippen LogP contribution in [-0.2, 0) is 7.05 Å². The number of imidazole rings is 1. The van der Waals surface area contributed by atoms with Gasteiger partial charge in [0.05, 0.1) is 23.8 Å². The number of ether oxygens (including phenoxy) is 2. The molecule has 0 aliphatic carbocycles. The van der Waals surface area contributed by atoms with Crippen molar-refractivity contribution >= 4 is 5.65 Å². The lowest BCUT2D eigenvalue weighted by molar-refractivity contribution is 0.174. The van der Waals surface area contributed by atoms with Gasteiger partial charge in [0.15, 0.2) is 17.1 Å². The molecule has 0 bridgehead atoms. The molecule has 5 rings (SSSR count). The first kappa shape index (κ1) is 13.1. The van der Waals surface area contributed by atoms with Gasteiger partial charge in [-0.05, 0) is 30.3 Å². The summed E-state index contributed by atoms with van der Waals surface area (Å²) in [4.78, 5) is 4.44. The third-order valence-electron chi connectivity index (χ3n) is 4.03. The molecule has 1 aliphatic rings. The van der Waals surface area contributed by atoms with Crippen LogP contribution < -0.4 is 9.47 Å². The van der Waals surface area contributed by atoms with Crippen LogP contribution in [0.15, 0.2) is 48.9 Å². The minimum absolute atomic E-state index is 0.259. The van der Waals surface area contributed by atoms with E-state index in [-0.39, 0.29) is 6.79 Å². The predicted molar refractivity (Wildman–Crippen MR) is 86.7 cm³/mol. The van der Waals surface area contributed by atoms with Gasteiger partial charge >= 0.3 is 0 Å². The van der Waals surface area contributed by atoms with Crippen LogP contribution in [0.2, 0.25) is 0 Å². The monoisotopic (exact) mass is 319 g/mol. The molecule has 0 N–H and O–H groups in total. The summed E-state index contributed by atoms with van der Waals surface area (Å²) in [5.74, 6) is 1.50. The Hall–Kier alpha value is -3.35. The molecule has 24 heavy (non-hydrogen) atoms. The van der Waals surface area contributed by atoms with Gasteiger partial charge in [0.25, 0.3) is 0 Å². The SMILES string of the molecule is Cn1cc(-c2ccc3ncc(-c4ccc5c(c4)OCO5)n3n2)cn1. The van der Waals surface area contributed by atoms with Crippen molar-refractivity contribution < 1.29 is 9.47 Å². The largest absolute Gasteiger partial charge is 0.454 e. The maximum atomic E-state index is 5.46. The number of fused-ring (bicyclic) bond motifs is 2. The van der Waals surface area contributed by atoms with Crippen LogP contribution in [0.3, 0.4) is 0 Å². The molecule has 4 aromatic rings. The van der Waals surface area contributed by atoms with Crippen molar-refractivity contribution in [1.82, 2.24) is 24.4 Å². The molecule has 0 saturated heterocycles. The lowest BCUT2D eigenvalue weighted by Gasteiger charge is -2.04. The average Bonchev–Trinajstić information content (AvgIpc) is 3.32. The minimum Gasteiger partial charge on any atom is -0.454 e. The van der Waals surface area contributed by atoms with E-state index in [2.05, 4.69) is 10.1 Å². The highest BCUT2D eigenvalue weighted by Crippen LogP contribution is 2.36. The summed E-state index contributed by atoms with van der Waals surface area (Å²) in [5, 5.41) is 8.92. The van der Waals surface area contributed by atoms with E-state index in [0.29, 0.717) is 0 Å². The molecule has 0 fully saturated rings. The van der Waals surface area contributed by atoms with Crippen molar-refractivity contribution in [3.63, 3.8) is 0 Å². The number of hydrogen-bond acceptors (Lipinski definition) is 5. The number of rotatable bonds is 2. The zero-order valence-corrected chi connectivity index (χ0v) is 12.9. The Balaban J connectivity index is 1.66.